The second-order valence-corrected chi connectivity index (χ2v) is 5.15. The second kappa shape index (κ2) is 6.64. The number of nitrogens with zero attached hydrogens (tertiary/aromatic N) is 2. The molecule has 1 aliphatic rings. The highest BCUT2D eigenvalue weighted by atomic mass is 16.6. The third-order valence-corrected chi connectivity index (χ3v) is 3.36. The minimum Gasteiger partial charge on any atom is -0.394 e. The molecule has 1 saturated heterocycles. The van der Waals surface area contributed by atoms with E-state index in [-0.39, 0.29) is 36.8 Å². The van der Waals surface area contributed by atoms with Gasteiger partial charge in [0, 0.05) is 25.2 Å². The molecule has 1 aliphatic heterocycles. The molecule has 2 rings (SSSR count). The van der Waals surface area contributed by atoms with E-state index in [1.807, 2.05) is 6.92 Å². The van der Waals surface area contributed by atoms with Gasteiger partial charge in [0.15, 0.2) is 0 Å². The summed E-state index contributed by atoms with van der Waals surface area (Å²) in [6, 6.07) is 6.06. The Balaban J connectivity index is 2.03. The largest absolute Gasteiger partial charge is 0.394 e. The Morgan fingerprint density at radius 1 is 1.52 bits per heavy atom. The topological polar surface area (TPSA) is 92.9 Å². The SMILES string of the molecule is CC1CN(C(=O)Cc2cccc([N+](=O)[O-])c2)CC(CO)O1. The molecule has 7 nitrogen and oxygen atoms in total. The number of carbonyl (C=O) groups excluding carboxylic acids is 1. The molecule has 1 aromatic carbocycles. The van der Waals surface area contributed by atoms with Gasteiger partial charge in [0.1, 0.15) is 0 Å². The first kappa shape index (κ1) is 15.4. The van der Waals surface area contributed by atoms with E-state index in [1.165, 1.54) is 12.1 Å². The van der Waals surface area contributed by atoms with Crippen LogP contribution < -0.4 is 0 Å². The van der Waals surface area contributed by atoms with E-state index in [2.05, 4.69) is 0 Å². The first-order valence-corrected chi connectivity index (χ1v) is 6.77. The van der Waals surface area contributed by atoms with E-state index in [0.717, 1.165) is 0 Å². The first-order valence-electron chi connectivity index (χ1n) is 6.77. The normalized spacial score (nSPS) is 22.1. The molecule has 0 bridgehead atoms. The summed E-state index contributed by atoms with van der Waals surface area (Å²) >= 11 is 0. The summed E-state index contributed by atoms with van der Waals surface area (Å²) in [4.78, 5) is 24.2. The van der Waals surface area contributed by atoms with Crippen LogP contribution in [0.2, 0.25) is 0 Å². The summed E-state index contributed by atoms with van der Waals surface area (Å²) in [7, 11) is 0. The summed E-state index contributed by atoms with van der Waals surface area (Å²) in [6.07, 6.45) is -0.403. The Morgan fingerprint density at radius 3 is 2.95 bits per heavy atom. The molecule has 1 fully saturated rings. The van der Waals surface area contributed by atoms with Gasteiger partial charge in [0.2, 0.25) is 5.91 Å². The van der Waals surface area contributed by atoms with Crippen molar-refractivity contribution in [1.29, 1.82) is 0 Å². The average molecular weight is 294 g/mol. The molecule has 21 heavy (non-hydrogen) atoms. The number of carbonyl (C=O) groups is 1. The van der Waals surface area contributed by atoms with Gasteiger partial charge in [-0.3, -0.25) is 14.9 Å². The molecule has 1 heterocycles. The maximum atomic E-state index is 12.3. The van der Waals surface area contributed by atoms with Crippen molar-refractivity contribution in [2.45, 2.75) is 25.6 Å². The van der Waals surface area contributed by atoms with Crippen LogP contribution in [0.4, 0.5) is 5.69 Å². The van der Waals surface area contributed by atoms with E-state index in [0.29, 0.717) is 18.7 Å². The third kappa shape index (κ3) is 3.99. The summed E-state index contributed by atoms with van der Waals surface area (Å²) < 4.78 is 5.48. The highest BCUT2D eigenvalue weighted by Crippen LogP contribution is 2.16. The van der Waals surface area contributed by atoms with Gasteiger partial charge in [0.25, 0.3) is 5.69 Å². The van der Waals surface area contributed by atoms with Crippen LogP contribution in [0.5, 0.6) is 0 Å². The summed E-state index contributed by atoms with van der Waals surface area (Å²) in [6.45, 7) is 2.51. The van der Waals surface area contributed by atoms with Crippen molar-refractivity contribution >= 4 is 11.6 Å². The zero-order valence-corrected chi connectivity index (χ0v) is 11.8. The number of nitro groups is 1. The van der Waals surface area contributed by atoms with Crippen molar-refractivity contribution in [3.63, 3.8) is 0 Å². The Labute approximate surface area is 122 Å². The molecule has 1 amide bonds. The molecule has 0 aliphatic carbocycles. The Morgan fingerprint density at radius 2 is 2.29 bits per heavy atom. The lowest BCUT2D eigenvalue weighted by Crippen LogP contribution is -2.50. The molecular formula is C14H18N2O5. The molecule has 114 valence electrons. The lowest BCUT2D eigenvalue weighted by atomic mass is 10.1. The number of non-ortho nitro benzene ring substituents is 1. The fraction of sp³-hybridized carbons (Fsp3) is 0.500. The number of hydrogen-bond donors (Lipinski definition) is 1. The van der Waals surface area contributed by atoms with Gasteiger partial charge in [-0.25, -0.2) is 0 Å². The van der Waals surface area contributed by atoms with Crippen molar-refractivity contribution < 1.29 is 19.6 Å². The van der Waals surface area contributed by atoms with Crippen molar-refractivity contribution in [3.05, 3.63) is 39.9 Å². The highest BCUT2D eigenvalue weighted by molar-refractivity contribution is 5.79. The van der Waals surface area contributed by atoms with Gasteiger partial charge in [-0.1, -0.05) is 12.1 Å². The standard InChI is InChI=1S/C14H18N2O5/c1-10-7-15(8-13(9-17)21-10)14(18)6-11-3-2-4-12(5-11)16(19)20/h2-5,10,13,17H,6-9H2,1H3. The van der Waals surface area contributed by atoms with E-state index < -0.39 is 4.92 Å². The molecule has 2 atom stereocenters. The second-order valence-electron chi connectivity index (χ2n) is 5.15. The van der Waals surface area contributed by atoms with Gasteiger partial charge in [0.05, 0.1) is 30.2 Å². The Bertz CT molecular complexity index is 534. The summed E-state index contributed by atoms with van der Waals surface area (Å²) in [5, 5.41) is 19.9. The average Bonchev–Trinajstić information content (AvgIpc) is 2.46. The highest BCUT2D eigenvalue weighted by Gasteiger charge is 2.27. The minimum absolute atomic E-state index is 0.0242. The van der Waals surface area contributed by atoms with Crippen LogP contribution >= 0.6 is 0 Å². The Kier molecular flexibility index (Phi) is 4.87. The molecule has 0 radical (unpaired) electrons. The lowest BCUT2D eigenvalue weighted by molar-refractivity contribution is -0.384. The molecule has 2 unspecified atom stereocenters. The van der Waals surface area contributed by atoms with E-state index in [9.17, 15) is 14.9 Å². The zero-order chi connectivity index (χ0) is 15.4. The monoisotopic (exact) mass is 294 g/mol. The zero-order valence-electron chi connectivity index (χ0n) is 11.8. The van der Waals surface area contributed by atoms with E-state index in [4.69, 9.17) is 9.84 Å². The summed E-state index contributed by atoms with van der Waals surface area (Å²) in [5.74, 6) is -0.121. The van der Waals surface area contributed by atoms with Crippen LogP contribution in [-0.4, -0.2) is 52.7 Å². The van der Waals surface area contributed by atoms with Crippen molar-refractivity contribution in [3.8, 4) is 0 Å². The van der Waals surface area contributed by atoms with Crippen molar-refractivity contribution in [1.82, 2.24) is 4.90 Å². The van der Waals surface area contributed by atoms with Gasteiger partial charge in [-0.15, -0.1) is 0 Å². The number of aliphatic hydroxyl groups excluding tert-OH is 1. The Hall–Kier alpha value is -1.99. The van der Waals surface area contributed by atoms with Gasteiger partial charge in [-0.2, -0.15) is 0 Å². The van der Waals surface area contributed by atoms with E-state index in [1.54, 1.807) is 17.0 Å². The molecule has 7 heteroatoms. The van der Waals surface area contributed by atoms with Crippen LogP contribution in [0, 0.1) is 10.1 Å². The quantitative estimate of drug-likeness (QED) is 0.653. The number of rotatable bonds is 4. The number of hydrogen-bond acceptors (Lipinski definition) is 5. The number of amides is 1. The fourth-order valence-electron chi connectivity index (χ4n) is 2.42. The van der Waals surface area contributed by atoms with Gasteiger partial charge in [-0.05, 0) is 12.5 Å². The molecule has 0 aromatic heterocycles. The maximum absolute atomic E-state index is 12.3. The van der Waals surface area contributed by atoms with Gasteiger partial charge < -0.3 is 14.7 Å². The smallest absolute Gasteiger partial charge is 0.269 e. The number of nitro benzene ring substituents is 1. The molecule has 0 saturated carbocycles. The van der Waals surface area contributed by atoms with Crippen molar-refractivity contribution in [2.24, 2.45) is 0 Å². The number of morpholine rings is 1. The third-order valence-electron chi connectivity index (χ3n) is 3.36. The first-order chi connectivity index (χ1) is 9.99. The number of ether oxygens (including phenoxy) is 1. The molecule has 0 spiro atoms. The maximum Gasteiger partial charge on any atom is 0.269 e. The van der Waals surface area contributed by atoms with Crippen LogP contribution in [0.15, 0.2) is 24.3 Å². The lowest BCUT2D eigenvalue weighted by Gasteiger charge is -2.36. The van der Waals surface area contributed by atoms with Crippen LogP contribution in [0.1, 0.15) is 12.5 Å². The van der Waals surface area contributed by atoms with Crippen LogP contribution in [-0.2, 0) is 16.0 Å². The molecular weight excluding hydrogens is 276 g/mol. The summed E-state index contributed by atoms with van der Waals surface area (Å²) in [5.41, 5.74) is 0.581. The number of benzene rings is 1. The molecule has 1 aromatic rings. The van der Waals surface area contributed by atoms with Crippen LogP contribution in [0.25, 0.3) is 0 Å². The van der Waals surface area contributed by atoms with Crippen LogP contribution in [0.3, 0.4) is 0 Å². The minimum atomic E-state index is -0.480. The number of aliphatic hydroxyl groups is 1. The predicted octanol–water partition coefficient (Wildman–Crippen LogP) is 0.745. The van der Waals surface area contributed by atoms with Gasteiger partial charge >= 0.3 is 0 Å². The van der Waals surface area contributed by atoms with E-state index >= 15 is 0 Å². The predicted molar refractivity (Wildman–Crippen MR) is 74.8 cm³/mol. The van der Waals surface area contributed by atoms with Crippen molar-refractivity contribution in [2.75, 3.05) is 19.7 Å². The fourth-order valence-corrected chi connectivity index (χ4v) is 2.42. The molecule has 1 N–H and O–H groups in total.